The van der Waals surface area contributed by atoms with Gasteiger partial charge in [0.15, 0.2) is 0 Å². The summed E-state index contributed by atoms with van der Waals surface area (Å²) in [7, 11) is 0. The van der Waals surface area contributed by atoms with Crippen LogP contribution in [0.1, 0.15) is 30.2 Å². The van der Waals surface area contributed by atoms with E-state index in [1.54, 1.807) is 23.1 Å². The van der Waals surface area contributed by atoms with Gasteiger partial charge in [-0.1, -0.05) is 23.2 Å². The summed E-state index contributed by atoms with van der Waals surface area (Å²) in [6.45, 7) is 1.13. The maximum absolute atomic E-state index is 12.1. The topological polar surface area (TPSA) is 88.4 Å². The smallest absolute Gasteiger partial charge is 0.434 e. The first-order valence-corrected chi connectivity index (χ1v) is 8.19. The van der Waals surface area contributed by atoms with E-state index in [2.05, 4.69) is 10.2 Å². The Kier molecular flexibility index (Phi) is 5.11. The molecule has 0 unspecified atom stereocenters. The van der Waals surface area contributed by atoms with Crippen molar-refractivity contribution in [2.75, 3.05) is 13.1 Å². The zero-order chi connectivity index (χ0) is 17.1. The SMILES string of the molecule is O=C(OCc1cc(Cl)cc(Cl)c1)N1CCC(c2n[nH]c(=O)o2)CC1. The number of piperidine rings is 1. The van der Waals surface area contributed by atoms with Crippen molar-refractivity contribution in [2.24, 2.45) is 0 Å². The third-order valence-electron chi connectivity index (χ3n) is 3.84. The van der Waals surface area contributed by atoms with Gasteiger partial charge in [-0.3, -0.25) is 0 Å². The van der Waals surface area contributed by atoms with Gasteiger partial charge in [0.2, 0.25) is 5.89 Å². The molecule has 0 bridgehead atoms. The monoisotopic (exact) mass is 371 g/mol. The first-order chi connectivity index (χ1) is 11.5. The van der Waals surface area contributed by atoms with E-state index < -0.39 is 11.8 Å². The standard InChI is InChI=1S/C15H15Cl2N3O4/c16-11-5-9(6-12(17)7-11)8-23-15(22)20-3-1-10(2-4-20)13-18-19-14(21)24-13/h5-7,10H,1-4,8H2,(H,19,21). The quantitative estimate of drug-likeness (QED) is 0.894. The molecule has 7 nitrogen and oxygen atoms in total. The number of likely N-dealkylation sites (tertiary alicyclic amines) is 1. The summed E-state index contributed by atoms with van der Waals surface area (Å²) in [5.41, 5.74) is 0.731. The molecule has 9 heteroatoms. The van der Waals surface area contributed by atoms with Crippen molar-refractivity contribution in [3.8, 4) is 0 Å². The molecule has 3 rings (SSSR count). The number of benzene rings is 1. The first kappa shape index (κ1) is 16.9. The minimum absolute atomic E-state index is 0.0275. The summed E-state index contributed by atoms with van der Waals surface area (Å²) in [6, 6.07) is 5.02. The third-order valence-corrected chi connectivity index (χ3v) is 4.28. The molecule has 1 aliphatic heterocycles. The fraction of sp³-hybridized carbons (Fsp3) is 0.400. The zero-order valence-corrected chi connectivity index (χ0v) is 14.1. The Balaban J connectivity index is 1.51. The lowest BCUT2D eigenvalue weighted by atomic mass is 9.97. The number of halogens is 2. The van der Waals surface area contributed by atoms with Crippen LogP contribution in [0, 0.1) is 0 Å². The molecule has 2 heterocycles. The van der Waals surface area contributed by atoms with Gasteiger partial charge in [0.05, 0.1) is 0 Å². The van der Waals surface area contributed by atoms with Gasteiger partial charge in [-0.15, -0.1) is 5.10 Å². The number of carbonyl (C=O) groups is 1. The predicted molar refractivity (Wildman–Crippen MR) is 87.3 cm³/mol. The van der Waals surface area contributed by atoms with Crippen LogP contribution in [0.3, 0.4) is 0 Å². The summed E-state index contributed by atoms with van der Waals surface area (Å²) in [5.74, 6) is -0.145. The number of H-pyrrole nitrogens is 1. The average molecular weight is 372 g/mol. The van der Waals surface area contributed by atoms with E-state index >= 15 is 0 Å². The molecular formula is C15H15Cl2N3O4. The minimum atomic E-state index is -0.563. The number of aromatic amines is 1. The molecule has 0 radical (unpaired) electrons. The normalized spacial score (nSPS) is 15.5. The van der Waals surface area contributed by atoms with Crippen molar-refractivity contribution in [3.05, 3.63) is 50.2 Å². The van der Waals surface area contributed by atoms with E-state index in [-0.39, 0.29) is 12.5 Å². The Morgan fingerprint density at radius 3 is 2.54 bits per heavy atom. The van der Waals surface area contributed by atoms with Crippen LogP contribution in [0.5, 0.6) is 0 Å². The molecule has 0 aliphatic carbocycles. The van der Waals surface area contributed by atoms with E-state index in [9.17, 15) is 9.59 Å². The molecule has 1 N–H and O–H groups in total. The van der Waals surface area contributed by atoms with Crippen LogP contribution in [0.4, 0.5) is 4.79 Å². The molecule has 1 aromatic heterocycles. The molecule has 2 aromatic rings. The lowest BCUT2D eigenvalue weighted by Crippen LogP contribution is -2.38. The maximum Gasteiger partial charge on any atom is 0.434 e. The number of hydrogen-bond donors (Lipinski definition) is 1. The van der Waals surface area contributed by atoms with Gasteiger partial charge < -0.3 is 14.1 Å². The van der Waals surface area contributed by atoms with Crippen LogP contribution < -0.4 is 5.76 Å². The molecule has 1 amide bonds. The lowest BCUT2D eigenvalue weighted by Gasteiger charge is -2.29. The second-order valence-corrected chi connectivity index (χ2v) is 6.42. The average Bonchev–Trinajstić information content (AvgIpc) is 2.98. The highest BCUT2D eigenvalue weighted by Crippen LogP contribution is 2.26. The van der Waals surface area contributed by atoms with E-state index in [1.165, 1.54) is 0 Å². The number of aromatic nitrogens is 2. The van der Waals surface area contributed by atoms with Crippen LogP contribution in [0.2, 0.25) is 10.0 Å². The predicted octanol–water partition coefficient (Wildman–Crippen LogP) is 3.19. The Labute approximate surface area is 147 Å². The minimum Gasteiger partial charge on any atom is -0.445 e. The van der Waals surface area contributed by atoms with Gasteiger partial charge in [0, 0.05) is 29.1 Å². The highest BCUT2D eigenvalue weighted by molar-refractivity contribution is 6.34. The number of nitrogens with one attached hydrogen (secondary N) is 1. The molecule has 1 aromatic carbocycles. The van der Waals surface area contributed by atoms with Crippen molar-refractivity contribution in [1.82, 2.24) is 15.1 Å². The lowest BCUT2D eigenvalue weighted by molar-refractivity contribution is 0.0855. The molecule has 1 aliphatic rings. The molecule has 24 heavy (non-hydrogen) atoms. The molecule has 0 spiro atoms. The second kappa shape index (κ2) is 7.27. The Bertz CT molecular complexity index is 761. The molecule has 0 saturated carbocycles. The third kappa shape index (κ3) is 4.10. The van der Waals surface area contributed by atoms with Gasteiger partial charge in [0.1, 0.15) is 6.61 Å². The number of ether oxygens (including phenoxy) is 1. The number of amides is 1. The van der Waals surface area contributed by atoms with Gasteiger partial charge >= 0.3 is 11.8 Å². The molecule has 1 fully saturated rings. The van der Waals surface area contributed by atoms with Crippen LogP contribution in [0.15, 0.2) is 27.4 Å². The summed E-state index contributed by atoms with van der Waals surface area (Å²) in [5, 5.41) is 7.08. The second-order valence-electron chi connectivity index (χ2n) is 5.54. The van der Waals surface area contributed by atoms with Crippen molar-refractivity contribution in [3.63, 3.8) is 0 Å². The molecule has 0 atom stereocenters. The number of rotatable bonds is 3. The van der Waals surface area contributed by atoms with Crippen LogP contribution >= 0.6 is 23.2 Å². The summed E-state index contributed by atoms with van der Waals surface area (Å²) in [4.78, 5) is 24.7. The van der Waals surface area contributed by atoms with Crippen LogP contribution in [0.25, 0.3) is 0 Å². The van der Waals surface area contributed by atoms with Crippen LogP contribution in [-0.2, 0) is 11.3 Å². The summed E-state index contributed by atoms with van der Waals surface area (Å²) >= 11 is 11.8. The molecule has 128 valence electrons. The van der Waals surface area contributed by atoms with E-state index in [0.29, 0.717) is 41.9 Å². The highest BCUT2D eigenvalue weighted by Gasteiger charge is 2.27. The van der Waals surface area contributed by atoms with Crippen molar-refractivity contribution in [1.29, 1.82) is 0 Å². The largest absolute Gasteiger partial charge is 0.445 e. The first-order valence-electron chi connectivity index (χ1n) is 7.43. The van der Waals surface area contributed by atoms with Crippen molar-refractivity contribution >= 4 is 29.3 Å². The molecule has 1 saturated heterocycles. The number of carbonyl (C=O) groups excluding carboxylic acids is 1. The van der Waals surface area contributed by atoms with E-state index in [1.807, 2.05) is 0 Å². The fourth-order valence-corrected chi connectivity index (χ4v) is 3.23. The fourth-order valence-electron chi connectivity index (χ4n) is 2.66. The highest BCUT2D eigenvalue weighted by atomic mass is 35.5. The Morgan fingerprint density at radius 1 is 1.29 bits per heavy atom. The van der Waals surface area contributed by atoms with Crippen LogP contribution in [-0.4, -0.2) is 34.3 Å². The van der Waals surface area contributed by atoms with E-state index in [0.717, 1.165) is 5.56 Å². The van der Waals surface area contributed by atoms with Gasteiger partial charge in [-0.2, -0.15) is 0 Å². The Morgan fingerprint density at radius 2 is 1.96 bits per heavy atom. The van der Waals surface area contributed by atoms with E-state index in [4.69, 9.17) is 32.4 Å². The Hall–Kier alpha value is -1.99. The van der Waals surface area contributed by atoms with Gasteiger partial charge in [-0.25, -0.2) is 14.7 Å². The summed E-state index contributed by atoms with van der Waals surface area (Å²) < 4.78 is 10.3. The van der Waals surface area contributed by atoms with Gasteiger partial charge in [-0.05, 0) is 36.6 Å². The summed E-state index contributed by atoms with van der Waals surface area (Å²) in [6.07, 6.45) is 0.922. The van der Waals surface area contributed by atoms with Crippen molar-refractivity contribution in [2.45, 2.75) is 25.4 Å². The number of nitrogens with zero attached hydrogens (tertiary/aromatic N) is 2. The maximum atomic E-state index is 12.1. The van der Waals surface area contributed by atoms with Crippen molar-refractivity contribution < 1.29 is 13.9 Å². The zero-order valence-electron chi connectivity index (χ0n) is 12.6. The number of hydrogen-bond acceptors (Lipinski definition) is 5. The molecular weight excluding hydrogens is 357 g/mol. The van der Waals surface area contributed by atoms with Gasteiger partial charge in [0.25, 0.3) is 0 Å².